The first-order valence-corrected chi connectivity index (χ1v) is 12.9. The average Bonchev–Trinajstić information content (AvgIpc) is 2.93. The standard InChI is InChI=1S/C27H46O4/c1-23(2,29)12-8-14-26(5,30)22-11-16-27(31)20-17-21(28)19-9-6-7-13-24(19,3)18(20)10-15-25(22,27)4/h18-20,22,29-31H,6-17H2,1-5H3. The molecule has 0 aromatic heterocycles. The van der Waals surface area contributed by atoms with Crippen molar-refractivity contribution in [2.75, 3.05) is 0 Å². The molecule has 4 nitrogen and oxygen atoms in total. The number of rotatable bonds is 5. The fourth-order valence-corrected chi connectivity index (χ4v) is 9.10. The minimum absolute atomic E-state index is 0.0275. The molecular weight excluding hydrogens is 388 g/mol. The van der Waals surface area contributed by atoms with Gasteiger partial charge in [0.15, 0.2) is 0 Å². The maximum atomic E-state index is 13.3. The van der Waals surface area contributed by atoms with Gasteiger partial charge in [0.05, 0.1) is 16.8 Å². The van der Waals surface area contributed by atoms with Gasteiger partial charge in [0, 0.05) is 17.8 Å². The Morgan fingerprint density at radius 2 is 1.65 bits per heavy atom. The van der Waals surface area contributed by atoms with Crippen molar-refractivity contribution in [2.45, 2.75) is 128 Å². The predicted molar refractivity (Wildman–Crippen MR) is 122 cm³/mol. The molecule has 0 heterocycles. The third kappa shape index (κ3) is 3.64. The van der Waals surface area contributed by atoms with Gasteiger partial charge in [-0.05, 0) is 102 Å². The van der Waals surface area contributed by atoms with Gasteiger partial charge in [0.1, 0.15) is 5.78 Å². The highest BCUT2D eigenvalue weighted by Crippen LogP contribution is 2.69. The molecule has 0 aliphatic heterocycles. The van der Waals surface area contributed by atoms with Gasteiger partial charge in [-0.2, -0.15) is 0 Å². The van der Waals surface area contributed by atoms with Gasteiger partial charge in [-0.15, -0.1) is 0 Å². The lowest BCUT2D eigenvalue weighted by atomic mass is 9.42. The van der Waals surface area contributed by atoms with Crippen molar-refractivity contribution < 1.29 is 20.1 Å². The van der Waals surface area contributed by atoms with Crippen LogP contribution in [0, 0.1) is 34.5 Å². The molecule has 4 aliphatic carbocycles. The molecule has 178 valence electrons. The lowest BCUT2D eigenvalue weighted by Gasteiger charge is -2.63. The van der Waals surface area contributed by atoms with E-state index in [2.05, 4.69) is 13.8 Å². The molecule has 8 atom stereocenters. The van der Waals surface area contributed by atoms with E-state index in [1.807, 2.05) is 20.8 Å². The number of ketones is 1. The third-order valence-corrected chi connectivity index (χ3v) is 10.8. The van der Waals surface area contributed by atoms with Crippen molar-refractivity contribution in [3.05, 3.63) is 0 Å². The van der Waals surface area contributed by atoms with Crippen LogP contribution in [0.2, 0.25) is 0 Å². The van der Waals surface area contributed by atoms with Crippen molar-refractivity contribution in [2.24, 2.45) is 34.5 Å². The van der Waals surface area contributed by atoms with E-state index < -0.39 is 16.8 Å². The summed E-state index contributed by atoms with van der Waals surface area (Å²) in [6, 6.07) is 0. The van der Waals surface area contributed by atoms with Gasteiger partial charge >= 0.3 is 0 Å². The van der Waals surface area contributed by atoms with Gasteiger partial charge in [-0.1, -0.05) is 26.7 Å². The highest BCUT2D eigenvalue weighted by atomic mass is 16.3. The largest absolute Gasteiger partial charge is 0.390 e. The number of carbonyl (C=O) groups excluding carboxylic acids is 1. The summed E-state index contributed by atoms with van der Waals surface area (Å²) in [6.07, 6.45) is 10.7. The monoisotopic (exact) mass is 434 g/mol. The fraction of sp³-hybridized carbons (Fsp3) is 0.963. The zero-order valence-electron chi connectivity index (χ0n) is 20.5. The Bertz CT molecular complexity index is 709. The molecule has 3 N–H and O–H groups in total. The minimum atomic E-state index is -0.868. The molecular formula is C27H46O4. The van der Waals surface area contributed by atoms with E-state index in [0.717, 1.165) is 38.5 Å². The molecule has 4 aliphatic rings. The second-order valence-corrected chi connectivity index (χ2v) is 13.2. The Balaban J connectivity index is 1.58. The van der Waals surface area contributed by atoms with Crippen LogP contribution in [0.1, 0.15) is 112 Å². The first-order chi connectivity index (χ1) is 14.2. The van der Waals surface area contributed by atoms with E-state index in [1.165, 1.54) is 12.8 Å². The second kappa shape index (κ2) is 7.53. The molecule has 4 rings (SSSR count). The zero-order valence-corrected chi connectivity index (χ0v) is 20.5. The molecule has 0 bridgehead atoms. The van der Waals surface area contributed by atoms with E-state index in [1.54, 1.807) is 0 Å². The molecule has 0 amide bonds. The maximum absolute atomic E-state index is 13.3. The van der Waals surface area contributed by atoms with E-state index in [-0.39, 0.29) is 28.6 Å². The number of Topliss-reactive ketones (excluding diaryl/α,β-unsaturated/α-hetero) is 1. The Morgan fingerprint density at radius 3 is 2.32 bits per heavy atom. The average molecular weight is 435 g/mol. The van der Waals surface area contributed by atoms with Crippen LogP contribution in [0.25, 0.3) is 0 Å². The van der Waals surface area contributed by atoms with Crippen LogP contribution < -0.4 is 0 Å². The van der Waals surface area contributed by atoms with Crippen LogP contribution in [0.3, 0.4) is 0 Å². The second-order valence-electron chi connectivity index (χ2n) is 13.2. The van der Waals surface area contributed by atoms with Crippen LogP contribution in [0.15, 0.2) is 0 Å². The van der Waals surface area contributed by atoms with E-state index >= 15 is 0 Å². The van der Waals surface area contributed by atoms with Crippen LogP contribution in [-0.4, -0.2) is 37.9 Å². The zero-order chi connectivity index (χ0) is 22.9. The highest BCUT2D eigenvalue weighted by Gasteiger charge is 2.69. The fourth-order valence-electron chi connectivity index (χ4n) is 9.10. The first-order valence-electron chi connectivity index (χ1n) is 12.9. The highest BCUT2D eigenvalue weighted by molar-refractivity contribution is 5.83. The van der Waals surface area contributed by atoms with Crippen LogP contribution >= 0.6 is 0 Å². The molecule has 0 saturated heterocycles. The van der Waals surface area contributed by atoms with Crippen molar-refractivity contribution in [3.8, 4) is 0 Å². The minimum Gasteiger partial charge on any atom is -0.390 e. The van der Waals surface area contributed by atoms with Gasteiger partial charge < -0.3 is 15.3 Å². The van der Waals surface area contributed by atoms with Crippen LogP contribution in [0.5, 0.6) is 0 Å². The summed E-state index contributed by atoms with van der Waals surface area (Å²) in [7, 11) is 0. The molecule has 0 spiro atoms. The number of carbonyl (C=O) groups is 1. The number of hydrogen-bond acceptors (Lipinski definition) is 4. The maximum Gasteiger partial charge on any atom is 0.136 e. The summed E-state index contributed by atoms with van der Waals surface area (Å²) < 4.78 is 0. The lowest BCUT2D eigenvalue weighted by Crippen LogP contribution is -2.64. The first kappa shape index (κ1) is 23.7. The molecule has 4 saturated carbocycles. The van der Waals surface area contributed by atoms with Gasteiger partial charge in [-0.3, -0.25) is 4.79 Å². The molecule has 0 aromatic rings. The van der Waals surface area contributed by atoms with Gasteiger partial charge in [0.25, 0.3) is 0 Å². The van der Waals surface area contributed by atoms with Crippen molar-refractivity contribution in [3.63, 3.8) is 0 Å². The molecule has 4 fully saturated rings. The summed E-state index contributed by atoms with van der Waals surface area (Å²) in [5.41, 5.74) is -2.76. The Morgan fingerprint density at radius 1 is 0.935 bits per heavy atom. The molecule has 4 heteroatoms. The summed E-state index contributed by atoms with van der Waals surface area (Å²) >= 11 is 0. The summed E-state index contributed by atoms with van der Waals surface area (Å²) in [5.74, 6) is 1.07. The van der Waals surface area contributed by atoms with Crippen molar-refractivity contribution >= 4 is 5.78 Å². The predicted octanol–water partition coefficient (Wildman–Crippen LogP) is 5.02. The Kier molecular flexibility index (Phi) is 5.76. The lowest BCUT2D eigenvalue weighted by molar-refractivity contribution is -0.217. The van der Waals surface area contributed by atoms with Crippen molar-refractivity contribution in [1.82, 2.24) is 0 Å². The molecule has 31 heavy (non-hydrogen) atoms. The van der Waals surface area contributed by atoms with Crippen molar-refractivity contribution in [1.29, 1.82) is 0 Å². The van der Waals surface area contributed by atoms with Crippen LogP contribution in [0.4, 0.5) is 0 Å². The number of aliphatic hydroxyl groups is 3. The summed E-state index contributed by atoms with van der Waals surface area (Å²) in [6.45, 7) is 10.1. The summed E-state index contributed by atoms with van der Waals surface area (Å²) in [5, 5.41) is 33.9. The smallest absolute Gasteiger partial charge is 0.136 e. The van der Waals surface area contributed by atoms with Gasteiger partial charge in [0.2, 0.25) is 0 Å². The van der Waals surface area contributed by atoms with E-state index in [0.29, 0.717) is 37.4 Å². The van der Waals surface area contributed by atoms with E-state index in [4.69, 9.17) is 0 Å². The number of fused-ring (bicyclic) bond motifs is 5. The molecule has 8 unspecified atom stereocenters. The molecule has 0 aromatic carbocycles. The molecule has 0 radical (unpaired) electrons. The third-order valence-electron chi connectivity index (χ3n) is 10.8. The Labute approximate surface area is 189 Å². The Hall–Kier alpha value is -0.450. The topological polar surface area (TPSA) is 77.8 Å². The van der Waals surface area contributed by atoms with Gasteiger partial charge in [-0.25, -0.2) is 0 Å². The summed E-state index contributed by atoms with van der Waals surface area (Å²) in [4.78, 5) is 13.3. The SMILES string of the molecule is CC(C)(O)CCCC(C)(O)C1CCC2(O)C3CC(=O)C4CCCCC4(C)C3CCC12C. The quantitative estimate of drug-likeness (QED) is 0.568. The van der Waals surface area contributed by atoms with E-state index in [9.17, 15) is 20.1 Å². The normalized spacial score (nSPS) is 47.3. The number of hydrogen-bond donors (Lipinski definition) is 3. The van der Waals surface area contributed by atoms with Crippen LogP contribution in [-0.2, 0) is 4.79 Å².